The van der Waals surface area contributed by atoms with Crippen LogP contribution in [0.2, 0.25) is 5.02 Å². The quantitative estimate of drug-likeness (QED) is 0.716. The van der Waals surface area contributed by atoms with Crippen LogP contribution >= 0.6 is 27.5 Å². The summed E-state index contributed by atoms with van der Waals surface area (Å²) in [5.41, 5.74) is 1.54. The molecule has 134 valence electrons. The molecular formula is C18H19BrClNO4. The maximum atomic E-state index is 12.5. The average Bonchev–Trinajstić information content (AvgIpc) is 2.58. The van der Waals surface area contributed by atoms with Crippen LogP contribution in [0.25, 0.3) is 0 Å². The zero-order valence-electron chi connectivity index (χ0n) is 14.4. The van der Waals surface area contributed by atoms with Gasteiger partial charge in [0.15, 0.2) is 6.10 Å². The Labute approximate surface area is 160 Å². The van der Waals surface area contributed by atoms with Crippen LogP contribution in [0.5, 0.6) is 17.2 Å². The van der Waals surface area contributed by atoms with E-state index < -0.39 is 6.10 Å². The van der Waals surface area contributed by atoms with Crippen LogP contribution in [-0.2, 0) is 4.79 Å². The number of benzene rings is 2. The van der Waals surface area contributed by atoms with Gasteiger partial charge in [0.05, 0.1) is 29.4 Å². The SMILES string of the molecule is COc1cc(NC(=O)C(C)Oc2ccc(C)cc2Br)c(OC)cc1Cl. The van der Waals surface area contributed by atoms with Gasteiger partial charge in [-0.15, -0.1) is 0 Å². The van der Waals surface area contributed by atoms with Gasteiger partial charge >= 0.3 is 0 Å². The van der Waals surface area contributed by atoms with Crippen LogP contribution in [0, 0.1) is 6.92 Å². The maximum absolute atomic E-state index is 12.5. The van der Waals surface area contributed by atoms with E-state index in [2.05, 4.69) is 21.2 Å². The largest absolute Gasteiger partial charge is 0.495 e. The van der Waals surface area contributed by atoms with E-state index in [1.807, 2.05) is 25.1 Å². The number of ether oxygens (including phenoxy) is 3. The van der Waals surface area contributed by atoms with Crippen LogP contribution in [-0.4, -0.2) is 26.2 Å². The van der Waals surface area contributed by atoms with E-state index in [-0.39, 0.29) is 5.91 Å². The number of rotatable bonds is 6. The van der Waals surface area contributed by atoms with Gasteiger partial charge in [0.1, 0.15) is 17.2 Å². The Morgan fingerprint density at radius 1 is 1.12 bits per heavy atom. The third-order valence-electron chi connectivity index (χ3n) is 3.49. The van der Waals surface area contributed by atoms with Crippen LogP contribution in [0.15, 0.2) is 34.8 Å². The Kier molecular flexibility index (Phi) is 6.56. The first kappa shape index (κ1) is 19.4. The lowest BCUT2D eigenvalue weighted by Gasteiger charge is -2.18. The van der Waals surface area contributed by atoms with E-state index in [9.17, 15) is 4.79 Å². The van der Waals surface area contributed by atoms with Gasteiger partial charge in [0.25, 0.3) is 5.91 Å². The molecule has 0 saturated heterocycles. The van der Waals surface area contributed by atoms with E-state index in [4.69, 9.17) is 25.8 Å². The summed E-state index contributed by atoms with van der Waals surface area (Å²) in [6, 6.07) is 8.84. The Balaban J connectivity index is 2.15. The summed E-state index contributed by atoms with van der Waals surface area (Å²) in [5.74, 6) is 1.14. The molecule has 0 saturated carbocycles. The summed E-state index contributed by atoms with van der Waals surface area (Å²) in [6.07, 6.45) is -0.717. The molecule has 2 aromatic carbocycles. The molecule has 0 spiro atoms. The van der Waals surface area contributed by atoms with Gasteiger partial charge < -0.3 is 19.5 Å². The highest BCUT2D eigenvalue weighted by Gasteiger charge is 2.19. The minimum absolute atomic E-state index is 0.324. The second kappa shape index (κ2) is 8.45. The molecule has 1 N–H and O–H groups in total. The lowest BCUT2D eigenvalue weighted by molar-refractivity contribution is -0.122. The number of hydrogen-bond donors (Lipinski definition) is 1. The monoisotopic (exact) mass is 427 g/mol. The fraction of sp³-hybridized carbons (Fsp3) is 0.278. The topological polar surface area (TPSA) is 56.8 Å². The molecule has 25 heavy (non-hydrogen) atoms. The lowest BCUT2D eigenvalue weighted by atomic mass is 10.2. The molecule has 2 aromatic rings. The average molecular weight is 429 g/mol. The van der Waals surface area contributed by atoms with Gasteiger partial charge in [-0.3, -0.25) is 4.79 Å². The standard InChI is InChI=1S/C18H19BrClNO4/c1-10-5-6-15(12(19)7-10)25-11(2)18(22)21-14-9-16(23-3)13(20)8-17(14)24-4/h5-9,11H,1-4H3,(H,21,22). The Bertz CT molecular complexity index is 782. The zero-order chi connectivity index (χ0) is 18.6. The van der Waals surface area contributed by atoms with Crippen LogP contribution in [0.4, 0.5) is 5.69 Å². The molecule has 0 radical (unpaired) electrons. The van der Waals surface area contributed by atoms with Crippen LogP contribution in [0.1, 0.15) is 12.5 Å². The molecule has 0 heterocycles. The van der Waals surface area contributed by atoms with Crippen molar-refractivity contribution in [1.82, 2.24) is 0 Å². The molecule has 1 unspecified atom stereocenters. The molecule has 0 aromatic heterocycles. The molecule has 5 nitrogen and oxygen atoms in total. The van der Waals surface area contributed by atoms with Gasteiger partial charge in [-0.1, -0.05) is 17.7 Å². The van der Waals surface area contributed by atoms with Crippen molar-refractivity contribution in [3.8, 4) is 17.2 Å². The fourth-order valence-electron chi connectivity index (χ4n) is 2.14. The number of aryl methyl sites for hydroxylation is 1. The number of hydrogen-bond acceptors (Lipinski definition) is 4. The minimum Gasteiger partial charge on any atom is -0.495 e. The summed E-state index contributed by atoms with van der Waals surface area (Å²) in [7, 11) is 3.00. The van der Waals surface area contributed by atoms with Crippen molar-refractivity contribution < 1.29 is 19.0 Å². The van der Waals surface area contributed by atoms with Crippen molar-refractivity contribution in [1.29, 1.82) is 0 Å². The van der Waals surface area contributed by atoms with Crippen molar-refractivity contribution in [2.75, 3.05) is 19.5 Å². The number of anilines is 1. The third kappa shape index (κ3) is 4.80. The normalized spacial score (nSPS) is 11.6. The molecule has 0 bridgehead atoms. The molecule has 2 rings (SSSR count). The summed E-state index contributed by atoms with van der Waals surface area (Å²) in [6.45, 7) is 3.64. The molecule has 7 heteroatoms. The second-order valence-electron chi connectivity index (χ2n) is 5.37. The van der Waals surface area contributed by atoms with Crippen molar-refractivity contribution in [2.24, 2.45) is 0 Å². The van der Waals surface area contributed by atoms with Crippen molar-refractivity contribution >= 4 is 39.1 Å². The summed E-state index contributed by atoms with van der Waals surface area (Å²) >= 11 is 9.50. The molecule has 0 aliphatic carbocycles. The summed E-state index contributed by atoms with van der Waals surface area (Å²) in [4.78, 5) is 12.5. The van der Waals surface area contributed by atoms with Crippen molar-refractivity contribution in [2.45, 2.75) is 20.0 Å². The summed E-state index contributed by atoms with van der Waals surface area (Å²) < 4.78 is 16.9. The number of nitrogens with one attached hydrogen (secondary N) is 1. The van der Waals surface area contributed by atoms with E-state index >= 15 is 0 Å². The first-order valence-electron chi connectivity index (χ1n) is 7.51. The Hall–Kier alpha value is -1.92. The molecule has 1 amide bonds. The highest BCUT2D eigenvalue weighted by molar-refractivity contribution is 9.10. The van der Waals surface area contributed by atoms with Gasteiger partial charge in [-0.05, 0) is 47.5 Å². The van der Waals surface area contributed by atoms with Gasteiger partial charge in [-0.25, -0.2) is 0 Å². The number of carbonyl (C=O) groups is 1. The molecule has 1 atom stereocenters. The molecule has 0 aliphatic heterocycles. The van der Waals surface area contributed by atoms with Gasteiger partial charge in [0.2, 0.25) is 0 Å². The molecule has 0 aliphatic rings. The van der Waals surface area contributed by atoms with E-state index in [1.165, 1.54) is 14.2 Å². The number of halogens is 2. The van der Waals surface area contributed by atoms with Crippen molar-refractivity contribution in [3.05, 3.63) is 45.4 Å². The van der Waals surface area contributed by atoms with Gasteiger partial charge in [0, 0.05) is 12.1 Å². The second-order valence-corrected chi connectivity index (χ2v) is 6.63. The number of methoxy groups -OCH3 is 2. The summed E-state index contributed by atoms with van der Waals surface area (Å²) in [5, 5.41) is 3.17. The third-order valence-corrected chi connectivity index (χ3v) is 4.41. The van der Waals surface area contributed by atoms with Gasteiger partial charge in [-0.2, -0.15) is 0 Å². The predicted octanol–water partition coefficient (Wildman–Crippen LogP) is 4.83. The van der Waals surface area contributed by atoms with E-state index in [0.717, 1.165) is 10.0 Å². The number of amides is 1. The van der Waals surface area contributed by atoms with E-state index in [1.54, 1.807) is 19.1 Å². The van der Waals surface area contributed by atoms with E-state index in [0.29, 0.717) is 28.0 Å². The highest BCUT2D eigenvalue weighted by Crippen LogP contribution is 2.36. The fourth-order valence-corrected chi connectivity index (χ4v) is 2.96. The molecular weight excluding hydrogens is 410 g/mol. The maximum Gasteiger partial charge on any atom is 0.265 e. The number of carbonyl (C=O) groups excluding carboxylic acids is 1. The minimum atomic E-state index is -0.717. The smallest absolute Gasteiger partial charge is 0.265 e. The van der Waals surface area contributed by atoms with Crippen LogP contribution < -0.4 is 19.5 Å². The lowest BCUT2D eigenvalue weighted by Crippen LogP contribution is -2.30. The zero-order valence-corrected chi connectivity index (χ0v) is 16.7. The Morgan fingerprint density at radius 3 is 2.40 bits per heavy atom. The first-order chi connectivity index (χ1) is 11.8. The Morgan fingerprint density at radius 2 is 1.80 bits per heavy atom. The molecule has 0 fully saturated rings. The first-order valence-corrected chi connectivity index (χ1v) is 8.68. The van der Waals surface area contributed by atoms with Crippen LogP contribution in [0.3, 0.4) is 0 Å². The predicted molar refractivity (Wildman–Crippen MR) is 102 cm³/mol. The van der Waals surface area contributed by atoms with Crippen molar-refractivity contribution in [3.63, 3.8) is 0 Å². The highest BCUT2D eigenvalue weighted by atomic mass is 79.9.